The summed E-state index contributed by atoms with van der Waals surface area (Å²) in [7, 11) is 0. The Morgan fingerprint density at radius 3 is 2.28 bits per heavy atom. The Morgan fingerprint density at radius 1 is 1.00 bits per heavy atom. The lowest BCUT2D eigenvalue weighted by atomic mass is 10.1. The van der Waals surface area contributed by atoms with Gasteiger partial charge in [0.1, 0.15) is 0 Å². The number of benzene rings is 1. The number of esters is 2. The van der Waals surface area contributed by atoms with Crippen molar-refractivity contribution < 1.29 is 24.2 Å². The van der Waals surface area contributed by atoms with E-state index in [0.717, 1.165) is 18.4 Å². The van der Waals surface area contributed by atoms with Crippen LogP contribution in [-0.2, 0) is 20.7 Å². The highest BCUT2D eigenvalue weighted by molar-refractivity contribution is 5.70. The van der Waals surface area contributed by atoms with Gasteiger partial charge in [-0.15, -0.1) is 0 Å². The Morgan fingerprint density at radius 2 is 1.68 bits per heavy atom. The smallest absolute Gasteiger partial charge is 0.308 e. The van der Waals surface area contributed by atoms with Crippen LogP contribution in [0.1, 0.15) is 32.3 Å². The van der Waals surface area contributed by atoms with Crippen molar-refractivity contribution in [2.24, 2.45) is 0 Å². The average Bonchev–Trinajstić information content (AvgIpc) is 2.54. The quantitative estimate of drug-likeness (QED) is 0.319. The maximum atomic E-state index is 10.9. The maximum absolute atomic E-state index is 10.9. The number of aryl methyl sites for hydroxylation is 1. The van der Waals surface area contributed by atoms with Gasteiger partial charge in [-0.05, 0) is 37.0 Å². The second-order valence-corrected chi connectivity index (χ2v) is 5.30. The zero-order valence-corrected chi connectivity index (χ0v) is 14.6. The number of ether oxygens (including phenoxy) is 2. The van der Waals surface area contributed by atoms with E-state index in [1.165, 1.54) is 13.8 Å². The van der Waals surface area contributed by atoms with Crippen molar-refractivity contribution in [3.05, 3.63) is 60.2 Å². The Kier molecular flexibility index (Phi) is 9.45. The molecule has 0 bridgehead atoms. The van der Waals surface area contributed by atoms with Crippen LogP contribution in [-0.4, -0.2) is 23.7 Å². The van der Waals surface area contributed by atoms with Crippen LogP contribution in [0.25, 0.3) is 0 Å². The van der Waals surface area contributed by atoms with Crippen LogP contribution in [0.15, 0.2) is 54.7 Å². The summed E-state index contributed by atoms with van der Waals surface area (Å²) < 4.78 is 9.68. The van der Waals surface area contributed by atoms with Gasteiger partial charge >= 0.3 is 11.9 Å². The minimum absolute atomic E-state index is 0.0320. The molecule has 0 spiro atoms. The molecule has 0 heterocycles. The molecule has 0 atom stereocenters. The van der Waals surface area contributed by atoms with E-state index in [9.17, 15) is 14.7 Å². The van der Waals surface area contributed by atoms with Crippen molar-refractivity contribution in [1.82, 2.24) is 0 Å². The Hall–Kier alpha value is -2.82. The third-order valence-electron chi connectivity index (χ3n) is 3.07. The van der Waals surface area contributed by atoms with Gasteiger partial charge in [0, 0.05) is 13.8 Å². The Balaban J connectivity index is 2.28. The van der Waals surface area contributed by atoms with E-state index in [0.29, 0.717) is 13.0 Å². The first-order chi connectivity index (χ1) is 12.0. The summed E-state index contributed by atoms with van der Waals surface area (Å²) in [5.74, 6) is -0.579. The number of allylic oxidation sites excluding steroid dienone is 5. The number of rotatable bonds is 9. The molecule has 0 aliphatic carbocycles. The average molecular weight is 344 g/mol. The van der Waals surface area contributed by atoms with E-state index >= 15 is 0 Å². The topological polar surface area (TPSA) is 72.8 Å². The number of phenolic OH excluding ortho intramolecular Hbond substituents is 1. The molecule has 0 saturated heterocycles. The molecule has 0 unspecified atom stereocenters. The summed E-state index contributed by atoms with van der Waals surface area (Å²) >= 11 is 0. The van der Waals surface area contributed by atoms with Crippen molar-refractivity contribution in [1.29, 1.82) is 0 Å². The summed E-state index contributed by atoms with van der Waals surface area (Å²) in [5, 5.41) is 9.79. The van der Waals surface area contributed by atoms with Crippen molar-refractivity contribution >= 4 is 11.9 Å². The summed E-state index contributed by atoms with van der Waals surface area (Å²) in [5.41, 5.74) is 0.965. The number of phenols is 1. The molecule has 1 aromatic carbocycles. The van der Waals surface area contributed by atoms with Crippen LogP contribution >= 0.6 is 0 Å². The van der Waals surface area contributed by atoms with Gasteiger partial charge in [-0.1, -0.05) is 42.5 Å². The number of hydrogen-bond acceptors (Lipinski definition) is 5. The standard InChI is InChI=1S/C20H24O5/c1-16(21)24-14-10-8-6-4-3-5-7-9-11-18-12-13-20(19(23)15-18)25-17(2)22/h3-8,12-13,15,23H,9-11,14H2,1-2H3. The molecular weight excluding hydrogens is 320 g/mol. The van der Waals surface area contributed by atoms with Gasteiger partial charge < -0.3 is 14.6 Å². The Bertz CT molecular complexity index is 656. The molecule has 0 radical (unpaired) electrons. The molecule has 5 nitrogen and oxygen atoms in total. The second-order valence-electron chi connectivity index (χ2n) is 5.30. The molecule has 5 heteroatoms. The molecule has 1 rings (SSSR count). The van der Waals surface area contributed by atoms with E-state index in [2.05, 4.69) is 0 Å². The summed E-state index contributed by atoms with van der Waals surface area (Å²) in [6.07, 6.45) is 13.9. The molecule has 0 aromatic heterocycles. The molecule has 0 aliphatic heterocycles. The van der Waals surface area contributed by atoms with Gasteiger partial charge in [0.05, 0.1) is 6.61 Å². The third-order valence-corrected chi connectivity index (χ3v) is 3.07. The van der Waals surface area contributed by atoms with E-state index in [1.54, 1.807) is 12.1 Å². The fourth-order valence-corrected chi connectivity index (χ4v) is 1.96. The predicted molar refractivity (Wildman–Crippen MR) is 96.4 cm³/mol. The third kappa shape index (κ3) is 9.81. The lowest BCUT2D eigenvalue weighted by molar-refractivity contribution is -0.140. The van der Waals surface area contributed by atoms with Crippen LogP contribution in [0.3, 0.4) is 0 Å². The van der Waals surface area contributed by atoms with Gasteiger partial charge in [0.15, 0.2) is 11.5 Å². The molecular formula is C20H24O5. The van der Waals surface area contributed by atoms with Crippen molar-refractivity contribution in [3.63, 3.8) is 0 Å². The van der Waals surface area contributed by atoms with Gasteiger partial charge in [-0.3, -0.25) is 9.59 Å². The first-order valence-corrected chi connectivity index (χ1v) is 8.11. The lowest BCUT2D eigenvalue weighted by Gasteiger charge is -2.06. The van der Waals surface area contributed by atoms with Crippen LogP contribution in [0.4, 0.5) is 0 Å². The first-order valence-electron chi connectivity index (χ1n) is 8.11. The molecule has 25 heavy (non-hydrogen) atoms. The predicted octanol–water partition coefficient (Wildman–Crippen LogP) is 3.87. The fraction of sp³-hybridized carbons (Fsp3) is 0.300. The van der Waals surface area contributed by atoms with E-state index in [-0.39, 0.29) is 17.5 Å². The SMILES string of the molecule is CC(=O)OCCC=CC=CC=CCCc1ccc(OC(C)=O)c(O)c1. The second kappa shape index (κ2) is 11.7. The van der Waals surface area contributed by atoms with Crippen LogP contribution in [0.2, 0.25) is 0 Å². The highest BCUT2D eigenvalue weighted by Gasteiger charge is 2.05. The number of aromatic hydroxyl groups is 1. The van der Waals surface area contributed by atoms with Gasteiger partial charge in [-0.2, -0.15) is 0 Å². The van der Waals surface area contributed by atoms with E-state index in [4.69, 9.17) is 9.47 Å². The highest BCUT2D eigenvalue weighted by atomic mass is 16.5. The maximum Gasteiger partial charge on any atom is 0.308 e. The lowest BCUT2D eigenvalue weighted by Crippen LogP contribution is -2.01. The first kappa shape index (κ1) is 20.2. The molecule has 0 amide bonds. The van der Waals surface area contributed by atoms with Gasteiger partial charge in [0.2, 0.25) is 0 Å². The minimum atomic E-state index is -0.460. The van der Waals surface area contributed by atoms with Crippen molar-refractivity contribution in [3.8, 4) is 11.5 Å². The molecule has 1 aromatic rings. The number of carbonyl (C=O) groups excluding carboxylic acids is 2. The fourth-order valence-electron chi connectivity index (χ4n) is 1.96. The minimum Gasteiger partial charge on any atom is -0.504 e. The molecule has 134 valence electrons. The number of carbonyl (C=O) groups is 2. The van der Waals surface area contributed by atoms with Crippen molar-refractivity contribution in [2.75, 3.05) is 6.61 Å². The van der Waals surface area contributed by atoms with Crippen molar-refractivity contribution in [2.45, 2.75) is 33.1 Å². The largest absolute Gasteiger partial charge is 0.504 e. The molecule has 1 N–H and O–H groups in total. The summed E-state index contributed by atoms with van der Waals surface area (Å²) in [6, 6.07) is 5.03. The summed E-state index contributed by atoms with van der Waals surface area (Å²) in [6.45, 7) is 3.09. The summed E-state index contributed by atoms with van der Waals surface area (Å²) in [4.78, 5) is 21.4. The van der Waals surface area contributed by atoms with Gasteiger partial charge in [0.25, 0.3) is 0 Å². The molecule has 0 saturated carbocycles. The normalized spacial score (nSPS) is 11.4. The highest BCUT2D eigenvalue weighted by Crippen LogP contribution is 2.27. The zero-order valence-electron chi connectivity index (χ0n) is 14.6. The van der Waals surface area contributed by atoms with Crippen LogP contribution in [0.5, 0.6) is 11.5 Å². The van der Waals surface area contributed by atoms with Crippen LogP contribution in [0, 0.1) is 0 Å². The zero-order chi connectivity index (χ0) is 18.5. The molecule has 0 aliphatic rings. The monoisotopic (exact) mass is 344 g/mol. The molecule has 0 fully saturated rings. The Labute approximate surface area is 148 Å². The van der Waals surface area contributed by atoms with E-state index in [1.807, 2.05) is 42.5 Å². The number of hydrogen-bond donors (Lipinski definition) is 1. The van der Waals surface area contributed by atoms with Gasteiger partial charge in [-0.25, -0.2) is 0 Å². The van der Waals surface area contributed by atoms with E-state index < -0.39 is 5.97 Å². The van der Waals surface area contributed by atoms with Crippen LogP contribution < -0.4 is 4.74 Å².